The quantitative estimate of drug-likeness (QED) is 0.431. The van der Waals surface area contributed by atoms with E-state index in [4.69, 9.17) is 21.1 Å². The molecule has 2 aromatic carbocycles. The van der Waals surface area contributed by atoms with Crippen LogP contribution in [-0.2, 0) is 4.74 Å². The molecule has 1 aliphatic heterocycles. The van der Waals surface area contributed by atoms with Crippen LogP contribution in [-0.4, -0.2) is 38.1 Å². The number of hydrogen-bond acceptors (Lipinski definition) is 6. The third-order valence-electron chi connectivity index (χ3n) is 3.81. The van der Waals surface area contributed by atoms with Gasteiger partial charge in [0.05, 0.1) is 22.2 Å². The minimum atomic E-state index is -0.525. The first-order valence-corrected chi connectivity index (χ1v) is 8.05. The zero-order chi connectivity index (χ0) is 18.7. The molecule has 26 heavy (non-hydrogen) atoms. The van der Waals surface area contributed by atoms with Gasteiger partial charge < -0.3 is 14.4 Å². The first kappa shape index (κ1) is 18.1. The summed E-state index contributed by atoms with van der Waals surface area (Å²) in [6, 6.07) is 7.29. The van der Waals surface area contributed by atoms with E-state index in [9.17, 15) is 14.5 Å². The molecule has 9 heteroatoms. The third kappa shape index (κ3) is 3.61. The van der Waals surface area contributed by atoms with Gasteiger partial charge in [0.25, 0.3) is 0 Å². The summed E-state index contributed by atoms with van der Waals surface area (Å²) in [6.07, 6.45) is 1.56. The molecule has 136 valence electrons. The highest BCUT2D eigenvalue weighted by atomic mass is 35.5. The molecule has 0 spiro atoms. The number of benzene rings is 2. The van der Waals surface area contributed by atoms with Gasteiger partial charge in [-0.1, -0.05) is 11.6 Å². The Morgan fingerprint density at radius 2 is 2.15 bits per heavy atom. The van der Waals surface area contributed by atoms with Crippen LogP contribution in [0.3, 0.4) is 0 Å². The zero-order valence-electron chi connectivity index (χ0n) is 13.8. The molecule has 0 fully saturated rings. The summed E-state index contributed by atoms with van der Waals surface area (Å²) in [5.74, 6) is -0.400. The number of rotatable bonds is 6. The summed E-state index contributed by atoms with van der Waals surface area (Å²) < 4.78 is 23.9. The van der Waals surface area contributed by atoms with Gasteiger partial charge in [0.2, 0.25) is 0 Å². The summed E-state index contributed by atoms with van der Waals surface area (Å²) in [5, 5.41) is 11.3. The lowest BCUT2D eigenvalue weighted by Gasteiger charge is -2.28. The number of nitrogens with zero attached hydrogens (tertiary/aromatic N) is 3. The molecular formula is C17H15ClFN3O4. The summed E-state index contributed by atoms with van der Waals surface area (Å²) in [4.78, 5) is 16.8. The normalized spacial score (nSPS) is 12.8. The Hall–Kier alpha value is -2.71. The third-order valence-corrected chi connectivity index (χ3v) is 4.10. The van der Waals surface area contributed by atoms with Crippen LogP contribution < -0.4 is 9.64 Å². The number of fused-ring (bicyclic) bond motifs is 1. The largest absolute Gasteiger partial charge is 0.484 e. The maximum atomic E-state index is 13.5. The van der Waals surface area contributed by atoms with Crippen LogP contribution in [0.15, 0.2) is 35.3 Å². The van der Waals surface area contributed by atoms with Crippen molar-refractivity contribution in [3.05, 3.63) is 56.8 Å². The van der Waals surface area contributed by atoms with Gasteiger partial charge in [-0.25, -0.2) is 4.39 Å². The van der Waals surface area contributed by atoms with Gasteiger partial charge in [-0.15, -0.1) is 0 Å². The van der Waals surface area contributed by atoms with E-state index in [1.54, 1.807) is 23.2 Å². The molecule has 1 aliphatic rings. The highest BCUT2D eigenvalue weighted by molar-refractivity contribution is 6.31. The minimum absolute atomic E-state index is 0.0166. The summed E-state index contributed by atoms with van der Waals surface area (Å²) >= 11 is 5.87. The van der Waals surface area contributed by atoms with Crippen molar-refractivity contribution < 1.29 is 18.8 Å². The van der Waals surface area contributed by atoms with Crippen molar-refractivity contribution in [2.45, 2.75) is 0 Å². The smallest absolute Gasteiger partial charge is 0.311 e. The van der Waals surface area contributed by atoms with Crippen molar-refractivity contribution in [1.82, 2.24) is 0 Å². The van der Waals surface area contributed by atoms with Crippen molar-refractivity contribution >= 4 is 34.9 Å². The second-order valence-corrected chi connectivity index (χ2v) is 5.86. The standard InChI is InChI=1S/C17H15ClFN3O4/c1-25-4-5-26-17-8-15-11(6-16(17)22(23)24)9-20-10-21(15)12-2-3-14(19)13(18)7-12/h2-3,6-9H,4-5,10H2,1H3. The molecule has 0 saturated carbocycles. The Morgan fingerprint density at radius 3 is 2.85 bits per heavy atom. The number of aliphatic imine (C=N–C) groups is 1. The van der Waals surface area contributed by atoms with E-state index in [1.165, 1.54) is 25.3 Å². The monoisotopic (exact) mass is 379 g/mol. The van der Waals surface area contributed by atoms with Gasteiger partial charge in [-0.3, -0.25) is 15.1 Å². The van der Waals surface area contributed by atoms with E-state index in [0.29, 0.717) is 23.5 Å². The van der Waals surface area contributed by atoms with E-state index >= 15 is 0 Å². The average Bonchev–Trinajstić information content (AvgIpc) is 2.63. The lowest BCUT2D eigenvalue weighted by molar-refractivity contribution is -0.385. The fraction of sp³-hybridized carbons (Fsp3) is 0.235. The van der Waals surface area contributed by atoms with Crippen LogP contribution in [0.2, 0.25) is 5.02 Å². The molecule has 1 heterocycles. The van der Waals surface area contributed by atoms with Crippen molar-refractivity contribution in [1.29, 1.82) is 0 Å². The van der Waals surface area contributed by atoms with Crippen LogP contribution in [0.1, 0.15) is 5.56 Å². The van der Waals surface area contributed by atoms with Crippen molar-refractivity contribution in [2.75, 3.05) is 31.9 Å². The fourth-order valence-electron chi connectivity index (χ4n) is 2.57. The molecule has 0 aromatic heterocycles. The minimum Gasteiger partial charge on any atom is -0.484 e. The van der Waals surface area contributed by atoms with E-state index < -0.39 is 10.7 Å². The second-order valence-electron chi connectivity index (χ2n) is 5.46. The maximum Gasteiger partial charge on any atom is 0.311 e. The van der Waals surface area contributed by atoms with Gasteiger partial charge in [-0.2, -0.15) is 0 Å². The van der Waals surface area contributed by atoms with Crippen LogP contribution in [0, 0.1) is 15.9 Å². The molecule has 0 N–H and O–H groups in total. The topological polar surface area (TPSA) is 77.2 Å². The van der Waals surface area contributed by atoms with Crippen molar-refractivity contribution in [3.63, 3.8) is 0 Å². The summed E-state index contributed by atoms with van der Waals surface area (Å²) in [6.45, 7) is 0.740. The van der Waals surface area contributed by atoms with Crippen LogP contribution in [0.4, 0.5) is 21.5 Å². The van der Waals surface area contributed by atoms with Crippen molar-refractivity contribution in [3.8, 4) is 5.75 Å². The second kappa shape index (κ2) is 7.67. The molecule has 0 aliphatic carbocycles. The number of methoxy groups -OCH3 is 1. The van der Waals surface area contributed by atoms with Crippen LogP contribution in [0.25, 0.3) is 0 Å². The number of ether oxygens (including phenoxy) is 2. The van der Waals surface area contributed by atoms with E-state index in [-0.39, 0.29) is 29.7 Å². The number of hydrogen-bond donors (Lipinski definition) is 0. The molecule has 0 unspecified atom stereocenters. The van der Waals surface area contributed by atoms with Gasteiger partial charge >= 0.3 is 5.69 Å². The average molecular weight is 380 g/mol. The fourth-order valence-corrected chi connectivity index (χ4v) is 2.75. The van der Waals surface area contributed by atoms with Crippen molar-refractivity contribution in [2.24, 2.45) is 4.99 Å². The van der Waals surface area contributed by atoms with E-state index in [1.807, 2.05) is 0 Å². The molecule has 3 rings (SSSR count). The number of anilines is 2. The maximum absolute atomic E-state index is 13.5. The molecule has 7 nitrogen and oxygen atoms in total. The predicted molar refractivity (Wildman–Crippen MR) is 96.5 cm³/mol. The van der Waals surface area contributed by atoms with Gasteiger partial charge in [0.1, 0.15) is 19.1 Å². The Kier molecular flexibility index (Phi) is 5.34. The van der Waals surface area contributed by atoms with E-state index in [2.05, 4.69) is 4.99 Å². The lowest BCUT2D eigenvalue weighted by atomic mass is 10.1. The Bertz CT molecular complexity index is 875. The van der Waals surface area contributed by atoms with Gasteiger partial charge in [0.15, 0.2) is 5.75 Å². The Morgan fingerprint density at radius 1 is 1.35 bits per heavy atom. The summed E-state index contributed by atoms with van der Waals surface area (Å²) in [5.41, 5.74) is 1.67. The number of halogens is 2. The molecule has 0 saturated heterocycles. The van der Waals surface area contributed by atoms with Crippen LogP contribution in [0.5, 0.6) is 5.75 Å². The molecule has 0 bridgehead atoms. The van der Waals surface area contributed by atoms with Gasteiger partial charge in [0, 0.05) is 36.7 Å². The van der Waals surface area contributed by atoms with Crippen LogP contribution >= 0.6 is 11.6 Å². The first-order chi connectivity index (χ1) is 12.5. The molecular weight excluding hydrogens is 365 g/mol. The Labute approximate surface area is 153 Å². The predicted octanol–water partition coefficient (Wildman–Crippen LogP) is 3.94. The lowest BCUT2D eigenvalue weighted by Crippen LogP contribution is -2.22. The molecule has 0 radical (unpaired) electrons. The molecule has 0 atom stereocenters. The SMILES string of the molecule is COCCOc1cc2c(cc1[N+](=O)[O-])C=NCN2c1ccc(F)c(Cl)c1. The highest BCUT2D eigenvalue weighted by Crippen LogP contribution is 2.39. The first-order valence-electron chi connectivity index (χ1n) is 7.68. The molecule has 0 amide bonds. The Balaban J connectivity index is 2.04. The molecule has 2 aromatic rings. The highest BCUT2D eigenvalue weighted by Gasteiger charge is 2.24. The number of nitro groups is 1. The van der Waals surface area contributed by atoms with E-state index in [0.717, 1.165) is 0 Å². The number of nitro benzene ring substituents is 1. The summed E-state index contributed by atoms with van der Waals surface area (Å²) in [7, 11) is 1.51. The van der Waals surface area contributed by atoms with Gasteiger partial charge in [-0.05, 0) is 18.2 Å². The zero-order valence-corrected chi connectivity index (χ0v) is 14.6.